The van der Waals surface area contributed by atoms with Gasteiger partial charge in [-0.2, -0.15) is 0 Å². The first-order chi connectivity index (χ1) is 11.9. The Morgan fingerprint density at radius 3 is 2.62 bits per heavy atom. The lowest BCUT2D eigenvalue weighted by atomic mass is 10.1. The topological polar surface area (TPSA) is 12.5 Å². The van der Waals surface area contributed by atoms with E-state index < -0.39 is 0 Å². The quantitative estimate of drug-likeness (QED) is 0.665. The van der Waals surface area contributed by atoms with Crippen LogP contribution in [-0.2, 0) is 6.54 Å². The Hall–Kier alpha value is -1.97. The third-order valence-electron chi connectivity index (χ3n) is 4.38. The van der Waals surface area contributed by atoms with E-state index in [9.17, 15) is 0 Å². The van der Waals surface area contributed by atoms with Crippen molar-refractivity contribution in [3.63, 3.8) is 0 Å². The van der Waals surface area contributed by atoms with Crippen LogP contribution in [0, 0.1) is 0 Å². The minimum absolute atomic E-state index is 0.535. The number of thioether (sulfide) groups is 1. The Morgan fingerprint density at radius 2 is 1.71 bits per heavy atom. The van der Waals surface area contributed by atoms with Crippen LogP contribution in [0.1, 0.15) is 5.56 Å². The van der Waals surface area contributed by atoms with Crippen molar-refractivity contribution in [1.29, 1.82) is 0 Å². The van der Waals surface area contributed by atoms with E-state index in [1.54, 1.807) is 0 Å². The summed E-state index contributed by atoms with van der Waals surface area (Å²) in [6, 6.07) is 25.4. The highest BCUT2D eigenvalue weighted by Gasteiger charge is 2.23. The molecule has 24 heavy (non-hydrogen) atoms. The van der Waals surface area contributed by atoms with Crippen molar-refractivity contribution in [2.75, 3.05) is 19.0 Å². The molecule has 1 aliphatic rings. The highest BCUT2D eigenvalue weighted by atomic mass is 32.2. The molecule has 0 aliphatic carbocycles. The number of fused-ring (bicyclic) bond motifs is 1. The molecular formula is C21H21NOS. The van der Waals surface area contributed by atoms with Gasteiger partial charge < -0.3 is 4.74 Å². The zero-order valence-electron chi connectivity index (χ0n) is 13.6. The van der Waals surface area contributed by atoms with Crippen molar-refractivity contribution < 1.29 is 4.74 Å². The normalized spacial score (nSPS) is 18.1. The van der Waals surface area contributed by atoms with Gasteiger partial charge in [-0.25, -0.2) is 0 Å². The first-order valence-electron chi connectivity index (χ1n) is 8.37. The lowest BCUT2D eigenvalue weighted by molar-refractivity contribution is 0.277. The molecule has 0 spiro atoms. The summed E-state index contributed by atoms with van der Waals surface area (Å²) < 4.78 is 6.15. The molecule has 0 unspecified atom stereocenters. The van der Waals surface area contributed by atoms with E-state index in [2.05, 4.69) is 77.7 Å². The van der Waals surface area contributed by atoms with Gasteiger partial charge in [0.2, 0.25) is 0 Å². The molecule has 1 heterocycles. The van der Waals surface area contributed by atoms with Crippen LogP contribution in [0.3, 0.4) is 0 Å². The Morgan fingerprint density at radius 1 is 0.917 bits per heavy atom. The molecule has 1 saturated heterocycles. The fraction of sp³-hybridized carbons (Fsp3) is 0.238. The summed E-state index contributed by atoms with van der Waals surface area (Å²) >= 11 is 2.00. The molecule has 0 saturated carbocycles. The molecule has 1 aliphatic heterocycles. The molecule has 4 rings (SSSR count). The zero-order chi connectivity index (χ0) is 16.2. The molecule has 0 bridgehead atoms. The molecule has 2 nitrogen and oxygen atoms in total. The van der Waals surface area contributed by atoms with Crippen molar-refractivity contribution in [3.8, 4) is 5.75 Å². The smallest absolute Gasteiger partial charge is 0.127 e. The molecule has 0 amide bonds. The largest absolute Gasteiger partial charge is 0.492 e. The van der Waals surface area contributed by atoms with Crippen LogP contribution in [0.5, 0.6) is 5.75 Å². The second-order valence-electron chi connectivity index (χ2n) is 6.20. The number of nitrogens with zero attached hydrogens (tertiary/aromatic N) is 1. The van der Waals surface area contributed by atoms with Gasteiger partial charge >= 0.3 is 0 Å². The molecule has 3 heteroatoms. The summed E-state index contributed by atoms with van der Waals surface area (Å²) in [4.78, 5) is 2.50. The molecule has 0 aromatic heterocycles. The van der Waals surface area contributed by atoms with Crippen LogP contribution in [0.15, 0.2) is 72.8 Å². The third-order valence-corrected chi connectivity index (χ3v) is 5.65. The van der Waals surface area contributed by atoms with Gasteiger partial charge in [0.15, 0.2) is 0 Å². The Kier molecular flexibility index (Phi) is 4.72. The van der Waals surface area contributed by atoms with Crippen molar-refractivity contribution in [2.45, 2.75) is 11.8 Å². The average Bonchev–Trinajstić information content (AvgIpc) is 3.08. The van der Waals surface area contributed by atoms with Crippen LogP contribution in [0.2, 0.25) is 0 Å². The van der Waals surface area contributed by atoms with Gasteiger partial charge in [0.05, 0.1) is 5.25 Å². The minimum Gasteiger partial charge on any atom is -0.492 e. The summed E-state index contributed by atoms with van der Waals surface area (Å²) in [5, 5.41) is 2.97. The monoisotopic (exact) mass is 335 g/mol. The van der Waals surface area contributed by atoms with Gasteiger partial charge in [-0.05, 0) is 17.0 Å². The maximum absolute atomic E-state index is 6.15. The van der Waals surface area contributed by atoms with E-state index in [-0.39, 0.29) is 0 Å². The fourth-order valence-corrected chi connectivity index (χ4v) is 4.26. The standard InChI is InChI=1S/C21H21NOS/c1-2-7-17(8-3-1)13-22-14-19(24-16-22)15-23-21-12-6-10-18-9-4-5-11-20(18)21/h1-12,19H,13-16H2/t19-/m0/s1. The van der Waals surface area contributed by atoms with E-state index in [0.717, 1.165) is 31.3 Å². The third kappa shape index (κ3) is 3.58. The van der Waals surface area contributed by atoms with Gasteiger partial charge in [0.1, 0.15) is 12.4 Å². The van der Waals surface area contributed by atoms with E-state index in [4.69, 9.17) is 4.74 Å². The average molecular weight is 335 g/mol. The second-order valence-corrected chi connectivity index (χ2v) is 7.46. The number of ether oxygens (including phenoxy) is 1. The van der Waals surface area contributed by atoms with Crippen LogP contribution >= 0.6 is 11.8 Å². The minimum atomic E-state index is 0.535. The Labute approximate surface area is 147 Å². The van der Waals surface area contributed by atoms with Crippen LogP contribution in [0.25, 0.3) is 10.8 Å². The summed E-state index contributed by atoms with van der Waals surface area (Å²) in [5.74, 6) is 2.08. The van der Waals surface area contributed by atoms with Crippen LogP contribution in [0.4, 0.5) is 0 Å². The Balaban J connectivity index is 1.35. The summed E-state index contributed by atoms with van der Waals surface area (Å²) in [6.45, 7) is 2.88. The lowest BCUT2D eigenvalue weighted by Crippen LogP contribution is -2.24. The highest BCUT2D eigenvalue weighted by molar-refractivity contribution is 8.00. The maximum Gasteiger partial charge on any atom is 0.127 e. The van der Waals surface area contributed by atoms with Gasteiger partial charge in [-0.15, -0.1) is 11.8 Å². The van der Waals surface area contributed by atoms with Gasteiger partial charge in [-0.1, -0.05) is 66.7 Å². The van der Waals surface area contributed by atoms with E-state index in [0.29, 0.717) is 5.25 Å². The molecule has 0 N–H and O–H groups in total. The summed E-state index contributed by atoms with van der Waals surface area (Å²) in [6.07, 6.45) is 0. The number of hydrogen-bond acceptors (Lipinski definition) is 3. The number of rotatable bonds is 5. The molecular weight excluding hydrogens is 314 g/mol. The van der Waals surface area contributed by atoms with Crippen molar-refractivity contribution in [1.82, 2.24) is 4.90 Å². The van der Waals surface area contributed by atoms with Crippen LogP contribution < -0.4 is 4.74 Å². The molecule has 3 aromatic rings. The predicted octanol–water partition coefficient (Wildman–Crippen LogP) is 4.79. The number of benzene rings is 3. The van der Waals surface area contributed by atoms with Crippen LogP contribution in [-0.4, -0.2) is 29.2 Å². The first kappa shape index (κ1) is 15.6. The maximum atomic E-state index is 6.15. The van der Waals surface area contributed by atoms with Gasteiger partial charge in [-0.3, -0.25) is 4.90 Å². The predicted molar refractivity (Wildman–Crippen MR) is 103 cm³/mol. The van der Waals surface area contributed by atoms with E-state index in [1.165, 1.54) is 16.3 Å². The second kappa shape index (κ2) is 7.29. The molecule has 0 radical (unpaired) electrons. The summed E-state index contributed by atoms with van der Waals surface area (Å²) in [7, 11) is 0. The molecule has 122 valence electrons. The zero-order valence-corrected chi connectivity index (χ0v) is 14.4. The van der Waals surface area contributed by atoms with E-state index in [1.807, 2.05) is 11.8 Å². The van der Waals surface area contributed by atoms with Gasteiger partial charge in [0, 0.05) is 24.4 Å². The molecule has 3 aromatic carbocycles. The SMILES string of the molecule is c1ccc(CN2CS[C@H](COc3cccc4ccccc34)C2)cc1. The first-order valence-corrected chi connectivity index (χ1v) is 9.42. The van der Waals surface area contributed by atoms with Crippen molar-refractivity contribution >= 4 is 22.5 Å². The van der Waals surface area contributed by atoms with Crippen molar-refractivity contribution in [2.24, 2.45) is 0 Å². The number of hydrogen-bond donors (Lipinski definition) is 0. The summed E-state index contributed by atoms with van der Waals surface area (Å²) in [5.41, 5.74) is 1.38. The van der Waals surface area contributed by atoms with Crippen molar-refractivity contribution in [3.05, 3.63) is 78.4 Å². The lowest BCUT2D eigenvalue weighted by Gasteiger charge is -2.16. The molecule has 1 fully saturated rings. The van der Waals surface area contributed by atoms with E-state index >= 15 is 0 Å². The van der Waals surface area contributed by atoms with Gasteiger partial charge in [0.25, 0.3) is 0 Å². The fourth-order valence-electron chi connectivity index (χ4n) is 3.16. The Bertz CT molecular complexity index is 800. The molecule has 1 atom stereocenters. The highest BCUT2D eigenvalue weighted by Crippen LogP contribution is 2.28.